The Kier molecular flexibility index (Phi) is 5.09. The van der Waals surface area contributed by atoms with Crippen molar-refractivity contribution in [3.63, 3.8) is 0 Å². The van der Waals surface area contributed by atoms with Crippen molar-refractivity contribution in [3.05, 3.63) is 59.2 Å². The van der Waals surface area contributed by atoms with Crippen LogP contribution in [-0.4, -0.2) is 18.4 Å². The summed E-state index contributed by atoms with van der Waals surface area (Å²) in [6.07, 6.45) is 0.187. The van der Waals surface area contributed by atoms with Crippen LogP contribution in [0.2, 0.25) is 0 Å². The van der Waals surface area contributed by atoms with Gasteiger partial charge in [0.25, 0.3) is 0 Å². The highest BCUT2D eigenvalue weighted by atomic mass is 16.5. The van der Waals surface area contributed by atoms with Gasteiger partial charge in [0.2, 0.25) is 5.91 Å². The first-order chi connectivity index (χ1) is 12.6. The average molecular weight is 365 g/mol. The Hall–Kier alpha value is -2.62. The minimum absolute atomic E-state index is 0.0336. The summed E-state index contributed by atoms with van der Waals surface area (Å²) in [6.45, 7) is 10.8. The Morgan fingerprint density at radius 2 is 1.74 bits per heavy atom. The predicted molar refractivity (Wildman–Crippen MR) is 107 cm³/mol. The molecule has 1 aliphatic heterocycles. The molecule has 1 amide bonds. The van der Waals surface area contributed by atoms with Gasteiger partial charge in [0, 0.05) is 18.7 Å². The fourth-order valence-corrected chi connectivity index (χ4v) is 3.33. The van der Waals surface area contributed by atoms with Crippen LogP contribution in [0.5, 0.6) is 5.75 Å². The zero-order valence-electron chi connectivity index (χ0n) is 16.7. The highest BCUT2D eigenvalue weighted by Crippen LogP contribution is 2.30. The van der Waals surface area contributed by atoms with Crippen LogP contribution < -0.4 is 9.64 Å². The summed E-state index contributed by atoms with van der Waals surface area (Å²) in [7, 11) is 0. The van der Waals surface area contributed by atoms with E-state index in [1.54, 1.807) is 4.90 Å². The van der Waals surface area contributed by atoms with Crippen molar-refractivity contribution in [2.75, 3.05) is 11.4 Å². The molecule has 1 fully saturated rings. The van der Waals surface area contributed by atoms with Gasteiger partial charge in [-0.3, -0.25) is 9.59 Å². The Balaban J connectivity index is 1.70. The van der Waals surface area contributed by atoms with E-state index in [0.29, 0.717) is 12.3 Å². The third kappa shape index (κ3) is 4.21. The van der Waals surface area contributed by atoms with E-state index in [1.807, 2.05) is 56.3 Å². The van der Waals surface area contributed by atoms with Gasteiger partial charge in [-0.1, -0.05) is 45.0 Å². The zero-order chi connectivity index (χ0) is 19.8. The lowest BCUT2D eigenvalue weighted by Gasteiger charge is -2.20. The Morgan fingerprint density at radius 1 is 1.07 bits per heavy atom. The van der Waals surface area contributed by atoms with Crippen LogP contribution >= 0.6 is 0 Å². The quantitative estimate of drug-likeness (QED) is 0.592. The van der Waals surface area contributed by atoms with Gasteiger partial charge < -0.3 is 9.64 Å². The van der Waals surface area contributed by atoms with Crippen LogP contribution in [0.15, 0.2) is 42.5 Å². The summed E-state index contributed by atoms with van der Waals surface area (Å²) in [5.74, 6) is -0.307. The minimum Gasteiger partial charge on any atom is -0.426 e. The van der Waals surface area contributed by atoms with Gasteiger partial charge in [-0.05, 0) is 54.2 Å². The second-order valence-electron chi connectivity index (χ2n) is 8.39. The van der Waals surface area contributed by atoms with Gasteiger partial charge in [-0.2, -0.15) is 0 Å². The average Bonchev–Trinajstić information content (AvgIpc) is 2.98. The summed E-state index contributed by atoms with van der Waals surface area (Å²) < 4.78 is 5.53. The van der Waals surface area contributed by atoms with E-state index in [2.05, 4.69) is 20.8 Å². The van der Waals surface area contributed by atoms with Crippen molar-refractivity contribution in [2.45, 2.75) is 46.5 Å². The topological polar surface area (TPSA) is 46.6 Å². The maximum atomic E-state index is 12.6. The van der Waals surface area contributed by atoms with Crippen LogP contribution in [0.1, 0.15) is 43.9 Å². The SMILES string of the molecule is Cc1ccc(C)c(N2C[C@H](C(=O)Oc3ccc(C(C)(C)C)cc3)CC2=O)c1. The number of amides is 1. The smallest absolute Gasteiger partial charge is 0.316 e. The maximum absolute atomic E-state index is 12.6. The zero-order valence-corrected chi connectivity index (χ0v) is 16.7. The third-order valence-corrected chi connectivity index (χ3v) is 5.05. The molecule has 2 aromatic carbocycles. The molecule has 1 aliphatic rings. The molecule has 1 atom stereocenters. The summed E-state index contributed by atoms with van der Waals surface area (Å²) in [6, 6.07) is 13.6. The standard InChI is InChI=1S/C23H27NO3/c1-15-6-7-16(2)20(12-15)24-14-17(13-21(24)25)22(26)27-19-10-8-18(9-11-19)23(3,4)5/h6-12,17H,13-14H2,1-5H3/t17-/m1/s1. The normalized spacial score (nSPS) is 17.3. The van der Waals surface area contributed by atoms with Crippen LogP contribution in [0, 0.1) is 19.8 Å². The molecule has 3 rings (SSSR count). The number of esters is 1. The molecular formula is C23H27NO3. The molecule has 142 valence electrons. The van der Waals surface area contributed by atoms with E-state index in [9.17, 15) is 9.59 Å². The van der Waals surface area contributed by atoms with Gasteiger partial charge >= 0.3 is 5.97 Å². The molecule has 2 aromatic rings. The fraction of sp³-hybridized carbons (Fsp3) is 0.391. The lowest BCUT2D eigenvalue weighted by atomic mass is 9.87. The molecule has 1 saturated heterocycles. The first-order valence-corrected chi connectivity index (χ1v) is 9.35. The van der Waals surface area contributed by atoms with Crippen molar-refractivity contribution in [3.8, 4) is 5.75 Å². The molecule has 0 radical (unpaired) electrons. The molecule has 0 unspecified atom stereocenters. The van der Waals surface area contributed by atoms with Crippen molar-refractivity contribution < 1.29 is 14.3 Å². The molecule has 1 heterocycles. The molecule has 27 heavy (non-hydrogen) atoms. The molecule has 0 aliphatic carbocycles. The number of benzene rings is 2. The number of ether oxygens (including phenoxy) is 1. The van der Waals surface area contributed by atoms with E-state index in [-0.39, 0.29) is 23.7 Å². The van der Waals surface area contributed by atoms with E-state index >= 15 is 0 Å². The number of aryl methyl sites for hydroxylation is 2. The summed E-state index contributed by atoms with van der Waals surface area (Å²) in [5, 5.41) is 0. The van der Waals surface area contributed by atoms with Gasteiger partial charge in [0.15, 0.2) is 0 Å². The second-order valence-corrected chi connectivity index (χ2v) is 8.39. The van der Waals surface area contributed by atoms with E-state index in [1.165, 1.54) is 5.56 Å². The number of hydrogen-bond donors (Lipinski definition) is 0. The van der Waals surface area contributed by atoms with Crippen LogP contribution in [0.3, 0.4) is 0 Å². The van der Waals surface area contributed by atoms with Gasteiger partial charge in [-0.15, -0.1) is 0 Å². The number of rotatable bonds is 3. The fourth-order valence-electron chi connectivity index (χ4n) is 3.33. The molecule has 0 spiro atoms. The molecule has 4 heteroatoms. The van der Waals surface area contributed by atoms with Gasteiger partial charge in [0.05, 0.1) is 5.92 Å². The number of hydrogen-bond acceptors (Lipinski definition) is 3. The lowest BCUT2D eigenvalue weighted by molar-refractivity contribution is -0.139. The van der Waals surface area contributed by atoms with E-state index < -0.39 is 5.92 Å². The highest BCUT2D eigenvalue weighted by Gasteiger charge is 2.37. The third-order valence-electron chi connectivity index (χ3n) is 5.05. The van der Waals surface area contributed by atoms with Crippen molar-refractivity contribution in [1.82, 2.24) is 0 Å². The van der Waals surface area contributed by atoms with E-state index in [0.717, 1.165) is 16.8 Å². The van der Waals surface area contributed by atoms with Crippen LogP contribution in [-0.2, 0) is 15.0 Å². The monoisotopic (exact) mass is 365 g/mol. The van der Waals surface area contributed by atoms with Crippen molar-refractivity contribution in [1.29, 1.82) is 0 Å². The summed E-state index contributed by atoms with van der Waals surface area (Å²) >= 11 is 0. The van der Waals surface area contributed by atoms with Gasteiger partial charge in [-0.25, -0.2) is 0 Å². The van der Waals surface area contributed by atoms with Gasteiger partial charge in [0.1, 0.15) is 5.75 Å². The van der Waals surface area contributed by atoms with Crippen molar-refractivity contribution >= 4 is 17.6 Å². The Morgan fingerprint density at radius 3 is 2.37 bits per heavy atom. The van der Waals surface area contributed by atoms with Crippen LogP contribution in [0.25, 0.3) is 0 Å². The number of carbonyl (C=O) groups is 2. The predicted octanol–water partition coefficient (Wildman–Crippen LogP) is 4.56. The summed E-state index contributed by atoms with van der Waals surface area (Å²) in [5.41, 5.74) is 4.23. The highest BCUT2D eigenvalue weighted by molar-refractivity contribution is 6.00. The number of carbonyl (C=O) groups excluding carboxylic acids is 2. The first kappa shape index (κ1) is 19.2. The number of nitrogens with zero attached hydrogens (tertiary/aromatic N) is 1. The molecule has 0 saturated carbocycles. The van der Waals surface area contributed by atoms with Crippen molar-refractivity contribution in [2.24, 2.45) is 5.92 Å². The largest absolute Gasteiger partial charge is 0.426 e. The summed E-state index contributed by atoms with van der Waals surface area (Å²) in [4.78, 5) is 26.8. The first-order valence-electron chi connectivity index (χ1n) is 9.35. The maximum Gasteiger partial charge on any atom is 0.316 e. The molecular weight excluding hydrogens is 338 g/mol. The van der Waals surface area contributed by atoms with E-state index in [4.69, 9.17) is 4.74 Å². The minimum atomic E-state index is -0.445. The van der Waals surface area contributed by atoms with Crippen LogP contribution in [0.4, 0.5) is 5.69 Å². The Labute approximate surface area is 161 Å². The molecule has 4 nitrogen and oxygen atoms in total. The number of anilines is 1. The lowest BCUT2D eigenvalue weighted by Crippen LogP contribution is -2.28. The molecule has 0 bridgehead atoms. The molecule has 0 aromatic heterocycles. The second kappa shape index (κ2) is 7.18. The Bertz CT molecular complexity index is 862. The molecule has 0 N–H and O–H groups in total.